The number of carbonyl (C=O) groups excluding carboxylic acids is 2. The first-order valence-electron chi connectivity index (χ1n) is 5.40. The number of H-pyrrole nitrogens is 1. The third-order valence-corrected chi connectivity index (χ3v) is 3.60. The summed E-state index contributed by atoms with van der Waals surface area (Å²) in [5.74, 6) is -0.498. The zero-order chi connectivity index (χ0) is 12.0. The Morgan fingerprint density at radius 2 is 2.12 bits per heavy atom. The highest BCUT2D eigenvalue weighted by molar-refractivity contribution is 6.30. The molecule has 1 N–H and O–H groups in total. The monoisotopic (exact) mass is 251 g/mol. The molecular formula is C11H10ClN3O2. The summed E-state index contributed by atoms with van der Waals surface area (Å²) >= 11 is 5.93. The number of fused-ring (bicyclic) bond motifs is 1. The predicted molar refractivity (Wildman–Crippen MR) is 61.2 cm³/mol. The lowest BCUT2D eigenvalue weighted by Crippen LogP contribution is -2.31. The number of rotatable bonds is 1. The lowest BCUT2D eigenvalue weighted by Gasteiger charge is -2.17. The van der Waals surface area contributed by atoms with Crippen LogP contribution < -0.4 is 4.90 Å². The molecule has 3 rings (SSSR count). The maximum Gasteiger partial charge on any atom is 0.239 e. The van der Waals surface area contributed by atoms with Crippen LogP contribution in [-0.2, 0) is 9.59 Å². The molecule has 1 saturated heterocycles. The molecule has 88 valence electrons. The Labute approximate surface area is 102 Å². The molecule has 0 unspecified atom stereocenters. The number of anilines is 1. The van der Waals surface area contributed by atoms with E-state index in [0.717, 1.165) is 0 Å². The Morgan fingerprint density at radius 1 is 1.35 bits per heavy atom. The van der Waals surface area contributed by atoms with Crippen molar-refractivity contribution in [3.63, 3.8) is 0 Å². The van der Waals surface area contributed by atoms with E-state index in [-0.39, 0.29) is 23.7 Å². The Hall–Kier alpha value is -1.62. The molecule has 6 heteroatoms. The summed E-state index contributed by atoms with van der Waals surface area (Å²) in [6.07, 6.45) is 4.34. The van der Waals surface area contributed by atoms with Crippen LogP contribution in [0, 0.1) is 11.8 Å². The smallest absolute Gasteiger partial charge is 0.239 e. The first kappa shape index (κ1) is 10.5. The summed E-state index contributed by atoms with van der Waals surface area (Å²) in [4.78, 5) is 25.5. The van der Waals surface area contributed by atoms with E-state index in [2.05, 4.69) is 10.2 Å². The number of hydrogen-bond acceptors (Lipinski definition) is 3. The number of halogens is 1. The van der Waals surface area contributed by atoms with E-state index in [1.54, 1.807) is 6.07 Å². The Balaban J connectivity index is 1.96. The van der Waals surface area contributed by atoms with Crippen LogP contribution >= 0.6 is 11.6 Å². The van der Waals surface area contributed by atoms with Crippen molar-refractivity contribution in [3.05, 3.63) is 23.4 Å². The SMILES string of the molecule is O=C1[C@@H]2CC=C(Cl)C[C@H]2C(=O)N1c1ccn[nH]1. The van der Waals surface area contributed by atoms with Gasteiger partial charge in [-0.25, -0.2) is 4.90 Å². The van der Waals surface area contributed by atoms with Gasteiger partial charge in [0.05, 0.1) is 18.0 Å². The van der Waals surface area contributed by atoms with Crippen LogP contribution in [0.1, 0.15) is 12.8 Å². The molecule has 0 radical (unpaired) electrons. The number of amides is 2. The van der Waals surface area contributed by atoms with Gasteiger partial charge in [0.25, 0.3) is 0 Å². The summed E-state index contributed by atoms with van der Waals surface area (Å²) in [7, 11) is 0. The quantitative estimate of drug-likeness (QED) is 0.768. The molecule has 1 aliphatic heterocycles. The van der Waals surface area contributed by atoms with Gasteiger partial charge in [0.1, 0.15) is 5.82 Å². The lowest BCUT2D eigenvalue weighted by molar-refractivity contribution is -0.122. The van der Waals surface area contributed by atoms with Crippen LogP contribution in [0.5, 0.6) is 0 Å². The summed E-state index contributed by atoms with van der Waals surface area (Å²) in [6.45, 7) is 0. The number of aromatic nitrogens is 2. The van der Waals surface area contributed by atoms with E-state index in [9.17, 15) is 9.59 Å². The number of allylic oxidation sites excluding steroid dienone is 2. The zero-order valence-corrected chi connectivity index (χ0v) is 9.65. The van der Waals surface area contributed by atoms with E-state index >= 15 is 0 Å². The molecule has 17 heavy (non-hydrogen) atoms. The third kappa shape index (κ3) is 1.50. The maximum atomic E-state index is 12.2. The van der Waals surface area contributed by atoms with Crippen molar-refractivity contribution >= 4 is 29.2 Å². The van der Waals surface area contributed by atoms with Crippen molar-refractivity contribution in [2.45, 2.75) is 12.8 Å². The van der Waals surface area contributed by atoms with Crippen LogP contribution in [0.25, 0.3) is 0 Å². The second kappa shape index (κ2) is 3.70. The van der Waals surface area contributed by atoms with Gasteiger partial charge >= 0.3 is 0 Å². The molecule has 5 nitrogen and oxygen atoms in total. The molecule has 1 fully saturated rings. The number of nitrogens with zero attached hydrogens (tertiary/aromatic N) is 2. The second-order valence-corrected chi connectivity index (χ2v) is 4.74. The van der Waals surface area contributed by atoms with Gasteiger partial charge in [-0.3, -0.25) is 14.7 Å². The van der Waals surface area contributed by atoms with Gasteiger partial charge in [0.15, 0.2) is 0 Å². The van der Waals surface area contributed by atoms with E-state index < -0.39 is 0 Å². The van der Waals surface area contributed by atoms with Crippen molar-refractivity contribution in [1.82, 2.24) is 10.2 Å². The van der Waals surface area contributed by atoms with Crippen molar-refractivity contribution in [2.24, 2.45) is 11.8 Å². The van der Waals surface area contributed by atoms with E-state index in [0.29, 0.717) is 23.7 Å². The molecule has 0 aromatic carbocycles. The number of aromatic amines is 1. The van der Waals surface area contributed by atoms with Gasteiger partial charge in [-0.2, -0.15) is 5.10 Å². The number of hydrogen-bond donors (Lipinski definition) is 1. The number of nitrogens with one attached hydrogen (secondary N) is 1. The molecule has 1 aliphatic carbocycles. The standard InChI is InChI=1S/C11H10ClN3O2/c12-6-1-2-7-8(5-6)11(17)15(10(7)16)9-3-4-13-14-9/h1,3-4,7-8H,2,5H2,(H,13,14)/t7-,8-/m1/s1. The average molecular weight is 252 g/mol. The molecule has 0 bridgehead atoms. The molecule has 2 aliphatic rings. The minimum atomic E-state index is -0.316. The Kier molecular flexibility index (Phi) is 2.29. The highest BCUT2D eigenvalue weighted by Gasteiger charge is 2.49. The minimum Gasteiger partial charge on any atom is -0.274 e. The number of carbonyl (C=O) groups is 2. The Morgan fingerprint density at radius 3 is 2.82 bits per heavy atom. The van der Waals surface area contributed by atoms with Gasteiger partial charge in [-0.05, 0) is 12.8 Å². The fraction of sp³-hybridized carbons (Fsp3) is 0.364. The molecule has 0 spiro atoms. The molecule has 2 atom stereocenters. The predicted octanol–water partition coefficient (Wildman–Crippen LogP) is 1.43. The lowest BCUT2D eigenvalue weighted by atomic mass is 9.85. The minimum absolute atomic E-state index is 0.162. The highest BCUT2D eigenvalue weighted by Crippen LogP contribution is 2.40. The van der Waals surface area contributed by atoms with Gasteiger partial charge in [-0.1, -0.05) is 17.7 Å². The Bertz CT molecular complexity index is 509. The van der Waals surface area contributed by atoms with Crippen molar-refractivity contribution in [2.75, 3.05) is 4.90 Å². The van der Waals surface area contributed by atoms with E-state index in [4.69, 9.17) is 11.6 Å². The summed E-state index contributed by atoms with van der Waals surface area (Å²) in [6, 6.07) is 1.61. The van der Waals surface area contributed by atoms with Gasteiger partial charge in [0.2, 0.25) is 11.8 Å². The number of imide groups is 1. The van der Waals surface area contributed by atoms with Gasteiger partial charge < -0.3 is 0 Å². The van der Waals surface area contributed by atoms with Crippen LogP contribution in [-0.4, -0.2) is 22.0 Å². The largest absolute Gasteiger partial charge is 0.274 e. The van der Waals surface area contributed by atoms with Crippen molar-refractivity contribution in [3.8, 4) is 0 Å². The molecule has 1 aromatic rings. The van der Waals surface area contributed by atoms with Crippen LogP contribution in [0.4, 0.5) is 5.82 Å². The molecule has 2 amide bonds. The average Bonchev–Trinajstić information content (AvgIpc) is 2.88. The fourth-order valence-corrected chi connectivity index (χ4v) is 2.69. The fourth-order valence-electron chi connectivity index (χ4n) is 2.44. The molecule has 2 heterocycles. The van der Waals surface area contributed by atoms with Gasteiger partial charge in [-0.15, -0.1) is 0 Å². The summed E-state index contributed by atoms with van der Waals surface area (Å²) in [5, 5.41) is 7.07. The maximum absolute atomic E-state index is 12.2. The summed E-state index contributed by atoms with van der Waals surface area (Å²) < 4.78 is 0. The van der Waals surface area contributed by atoms with E-state index in [1.807, 2.05) is 6.08 Å². The molecule has 1 aromatic heterocycles. The van der Waals surface area contributed by atoms with Crippen molar-refractivity contribution in [1.29, 1.82) is 0 Å². The summed E-state index contributed by atoms with van der Waals surface area (Å²) in [5.41, 5.74) is 0. The molecular weight excluding hydrogens is 242 g/mol. The third-order valence-electron chi connectivity index (χ3n) is 3.30. The zero-order valence-electron chi connectivity index (χ0n) is 8.89. The second-order valence-electron chi connectivity index (χ2n) is 4.26. The van der Waals surface area contributed by atoms with Crippen molar-refractivity contribution < 1.29 is 9.59 Å². The topological polar surface area (TPSA) is 66.1 Å². The highest BCUT2D eigenvalue weighted by atomic mass is 35.5. The first-order valence-corrected chi connectivity index (χ1v) is 5.78. The molecule has 0 saturated carbocycles. The van der Waals surface area contributed by atoms with E-state index in [1.165, 1.54) is 11.1 Å². The normalized spacial score (nSPS) is 28.3. The van der Waals surface area contributed by atoms with Crippen LogP contribution in [0.3, 0.4) is 0 Å². The van der Waals surface area contributed by atoms with Crippen LogP contribution in [0.15, 0.2) is 23.4 Å². The first-order chi connectivity index (χ1) is 8.18. The van der Waals surface area contributed by atoms with Gasteiger partial charge in [0, 0.05) is 11.1 Å². The van der Waals surface area contributed by atoms with Crippen LogP contribution in [0.2, 0.25) is 0 Å².